The fourth-order valence-electron chi connectivity index (χ4n) is 3.30. The summed E-state index contributed by atoms with van der Waals surface area (Å²) in [5.41, 5.74) is 0.612. The molecule has 1 N–H and O–H groups in total. The zero-order valence-corrected chi connectivity index (χ0v) is 19.2. The molecule has 3 aromatic rings. The van der Waals surface area contributed by atoms with Crippen LogP contribution in [-0.2, 0) is 24.1 Å². The first-order valence-corrected chi connectivity index (χ1v) is 10.9. The lowest BCUT2D eigenvalue weighted by atomic mass is 10.1. The number of hydrogen-bond donors (Lipinski definition) is 1. The second-order valence-electron chi connectivity index (χ2n) is 7.63. The first kappa shape index (κ1) is 25.0. The topological polar surface area (TPSA) is 91.0 Å². The van der Waals surface area contributed by atoms with Crippen molar-refractivity contribution in [1.82, 2.24) is 9.88 Å². The third-order valence-corrected chi connectivity index (χ3v) is 5.41. The second-order valence-corrected chi connectivity index (χ2v) is 8.04. The van der Waals surface area contributed by atoms with E-state index in [-0.39, 0.29) is 29.6 Å². The molecule has 0 amide bonds. The highest BCUT2D eigenvalue weighted by atomic mass is 35.5. The van der Waals surface area contributed by atoms with Gasteiger partial charge in [-0.15, -0.1) is 0 Å². The Labute approximate surface area is 209 Å². The summed E-state index contributed by atoms with van der Waals surface area (Å²) in [4.78, 5) is 9.68. The Kier molecular flexibility index (Phi) is 7.43. The van der Waals surface area contributed by atoms with Crippen molar-refractivity contribution in [3.05, 3.63) is 100 Å². The largest absolute Gasteiger partial charge is 0.473 e. The first-order valence-electron chi connectivity index (χ1n) is 10.5. The van der Waals surface area contributed by atoms with Crippen molar-refractivity contribution in [2.75, 3.05) is 0 Å². The highest BCUT2D eigenvalue weighted by molar-refractivity contribution is 6.31. The molecule has 1 atom stereocenters. The maximum Gasteiger partial charge on any atom is 0.417 e. The van der Waals surface area contributed by atoms with Crippen molar-refractivity contribution < 1.29 is 27.8 Å². The molecule has 7 nitrogen and oxygen atoms in total. The van der Waals surface area contributed by atoms with Gasteiger partial charge in [0.25, 0.3) is 0 Å². The maximum absolute atomic E-state index is 13.1. The Morgan fingerprint density at radius 3 is 2.56 bits per heavy atom. The molecule has 0 bridgehead atoms. The summed E-state index contributed by atoms with van der Waals surface area (Å²) < 4.78 is 50.5. The lowest BCUT2D eigenvalue weighted by molar-refractivity contribution is -0.137. The van der Waals surface area contributed by atoms with Crippen molar-refractivity contribution >= 4 is 17.5 Å². The smallest absolute Gasteiger partial charge is 0.417 e. The molecule has 0 aliphatic carbocycles. The highest BCUT2D eigenvalue weighted by Crippen LogP contribution is 2.38. The van der Waals surface area contributed by atoms with E-state index in [0.717, 1.165) is 17.7 Å². The SMILES string of the molecule is N#Cc1cc(COC2=NC(O)N(Cc3ccncc3)C=C2)ccc1Oc1ccc(Cl)c(C(F)(F)F)c1. The standard InChI is InChI=1S/C25H18ClF3N4O3/c26-21-3-2-19(12-20(21)25(27,28)29)36-22-4-1-17(11-18(22)13-30)15-35-23-7-10-33(24(34)32-23)14-16-5-8-31-9-6-16/h1-12,24,34H,14-15H2. The van der Waals surface area contributed by atoms with Crippen LogP contribution in [0.2, 0.25) is 5.02 Å². The van der Waals surface area contributed by atoms with Gasteiger partial charge in [0.05, 0.1) is 16.1 Å². The number of aliphatic hydroxyl groups is 1. The summed E-state index contributed by atoms with van der Waals surface area (Å²) in [5.74, 6) is 0.168. The molecule has 1 aliphatic rings. The molecule has 4 rings (SSSR count). The molecule has 11 heteroatoms. The number of aromatic nitrogens is 1. The van der Waals surface area contributed by atoms with Gasteiger partial charge in [-0.2, -0.15) is 23.4 Å². The van der Waals surface area contributed by atoms with Crippen LogP contribution in [0.15, 0.2) is 78.2 Å². The van der Waals surface area contributed by atoms with E-state index in [4.69, 9.17) is 21.1 Å². The van der Waals surface area contributed by atoms with Gasteiger partial charge in [-0.25, -0.2) is 0 Å². The third-order valence-electron chi connectivity index (χ3n) is 5.08. The zero-order valence-electron chi connectivity index (χ0n) is 18.5. The fraction of sp³-hybridized carbons (Fsp3) is 0.160. The summed E-state index contributed by atoms with van der Waals surface area (Å²) in [6.45, 7) is 0.469. The van der Waals surface area contributed by atoms with Crippen molar-refractivity contribution in [2.24, 2.45) is 4.99 Å². The molecule has 0 spiro atoms. The Morgan fingerprint density at radius 1 is 1.08 bits per heavy atom. The average Bonchev–Trinajstić information content (AvgIpc) is 2.86. The minimum Gasteiger partial charge on any atom is -0.473 e. The number of aliphatic imine (C=N–C) groups is 1. The van der Waals surface area contributed by atoms with Crippen molar-refractivity contribution in [3.63, 3.8) is 0 Å². The number of pyridine rings is 1. The van der Waals surface area contributed by atoms with Crippen LogP contribution in [0.4, 0.5) is 13.2 Å². The van der Waals surface area contributed by atoms with E-state index < -0.39 is 23.1 Å². The van der Waals surface area contributed by atoms with Crippen molar-refractivity contribution in [2.45, 2.75) is 25.7 Å². The van der Waals surface area contributed by atoms with Crippen LogP contribution < -0.4 is 4.74 Å². The van der Waals surface area contributed by atoms with Gasteiger partial charge < -0.3 is 19.5 Å². The predicted molar refractivity (Wildman–Crippen MR) is 125 cm³/mol. The molecule has 36 heavy (non-hydrogen) atoms. The van der Waals surface area contributed by atoms with E-state index in [0.29, 0.717) is 12.1 Å². The number of aliphatic hydroxyl groups excluding tert-OH is 1. The zero-order chi connectivity index (χ0) is 25.7. The molecule has 184 valence electrons. The van der Waals surface area contributed by atoms with E-state index in [9.17, 15) is 23.5 Å². The van der Waals surface area contributed by atoms with Crippen LogP contribution in [-0.4, -0.2) is 27.2 Å². The molecule has 2 heterocycles. The van der Waals surface area contributed by atoms with Crippen LogP contribution in [0.25, 0.3) is 0 Å². The number of halogens is 4. The molecule has 0 fully saturated rings. The molecule has 2 aromatic carbocycles. The summed E-state index contributed by atoms with van der Waals surface area (Å²) in [7, 11) is 0. The Balaban J connectivity index is 1.40. The average molecular weight is 515 g/mol. The first-order chi connectivity index (χ1) is 17.2. The molecule has 0 saturated heterocycles. The van der Waals surface area contributed by atoms with Gasteiger partial charge in [0.2, 0.25) is 12.2 Å². The van der Waals surface area contributed by atoms with Gasteiger partial charge in [-0.1, -0.05) is 17.7 Å². The van der Waals surface area contributed by atoms with Crippen LogP contribution in [0.3, 0.4) is 0 Å². The van der Waals surface area contributed by atoms with Crippen molar-refractivity contribution in [3.8, 4) is 17.6 Å². The van der Waals surface area contributed by atoms with Gasteiger partial charge in [0, 0.05) is 31.2 Å². The molecule has 0 radical (unpaired) electrons. The van der Waals surface area contributed by atoms with E-state index >= 15 is 0 Å². The molecule has 1 aliphatic heterocycles. The third kappa shape index (κ3) is 6.13. The number of benzene rings is 2. The monoisotopic (exact) mass is 514 g/mol. The van der Waals surface area contributed by atoms with E-state index in [2.05, 4.69) is 9.98 Å². The van der Waals surface area contributed by atoms with Crippen LogP contribution >= 0.6 is 11.6 Å². The Bertz CT molecular complexity index is 1340. The minimum atomic E-state index is -4.64. The molecular formula is C25H18ClF3N4O3. The van der Waals surface area contributed by atoms with Gasteiger partial charge in [-0.3, -0.25) is 4.98 Å². The quantitative estimate of drug-likeness (QED) is 0.458. The lowest BCUT2D eigenvalue weighted by Crippen LogP contribution is -2.32. The number of nitrogens with zero attached hydrogens (tertiary/aromatic N) is 4. The van der Waals surface area contributed by atoms with Gasteiger partial charge >= 0.3 is 6.18 Å². The van der Waals surface area contributed by atoms with Crippen LogP contribution in [0.5, 0.6) is 11.5 Å². The normalized spacial score (nSPS) is 15.3. The predicted octanol–water partition coefficient (Wildman–Crippen LogP) is 5.64. The molecule has 1 unspecified atom stereocenters. The number of nitriles is 1. The molecule has 0 saturated carbocycles. The van der Waals surface area contributed by atoms with Crippen LogP contribution in [0.1, 0.15) is 22.3 Å². The number of hydrogen-bond acceptors (Lipinski definition) is 7. The Hall–Kier alpha value is -4.07. The Morgan fingerprint density at radius 2 is 1.86 bits per heavy atom. The minimum absolute atomic E-state index is 0.0361. The summed E-state index contributed by atoms with van der Waals surface area (Å²) >= 11 is 5.64. The van der Waals surface area contributed by atoms with E-state index in [1.54, 1.807) is 35.6 Å². The molecular weight excluding hydrogens is 497 g/mol. The van der Waals surface area contributed by atoms with E-state index in [1.165, 1.54) is 18.2 Å². The summed E-state index contributed by atoms with van der Waals surface area (Å²) in [6, 6.07) is 13.3. The highest BCUT2D eigenvalue weighted by Gasteiger charge is 2.33. The summed E-state index contributed by atoms with van der Waals surface area (Å²) in [5, 5.41) is 19.3. The number of ether oxygens (including phenoxy) is 2. The number of rotatable bonds is 6. The van der Waals surface area contributed by atoms with Crippen molar-refractivity contribution in [1.29, 1.82) is 5.26 Å². The van der Waals surface area contributed by atoms with Gasteiger partial charge in [0.15, 0.2) is 0 Å². The fourth-order valence-corrected chi connectivity index (χ4v) is 3.52. The van der Waals surface area contributed by atoms with Gasteiger partial charge in [0.1, 0.15) is 24.2 Å². The van der Waals surface area contributed by atoms with E-state index in [1.807, 2.05) is 18.2 Å². The number of alkyl halides is 3. The summed E-state index contributed by atoms with van der Waals surface area (Å²) in [6.07, 6.45) is 0.810. The van der Waals surface area contributed by atoms with Gasteiger partial charge in [-0.05, 0) is 53.6 Å². The second kappa shape index (κ2) is 10.7. The lowest BCUT2D eigenvalue weighted by Gasteiger charge is -2.26. The maximum atomic E-state index is 13.1. The molecule has 1 aromatic heterocycles. The van der Waals surface area contributed by atoms with Crippen LogP contribution in [0, 0.1) is 11.3 Å².